The summed E-state index contributed by atoms with van der Waals surface area (Å²) in [5.74, 6) is -2.43. The van der Waals surface area contributed by atoms with Gasteiger partial charge in [-0.3, -0.25) is 9.59 Å². The zero-order valence-corrected chi connectivity index (χ0v) is 12.8. The molecule has 0 bridgehead atoms. The summed E-state index contributed by atoms with van der Waals surface area (Å²) in [5, 5.41) is 25.4. The van der Waals surface area contributed by atoms with E-state index in [1.807, 2.05) is 0 Å². The van der Waals surface area contributed by atoms with Crippen LogP contribution in [0.5, 0.6) is 5.75 Å². The summed E-state index contributed by atoms with van der Waals surface area (Å²) < 4.78 is 0. The zero-order valence-electron chi connectivity index (χ0n) is 12.8. The van der Waals surface area contributed by atoms with E-state index in [9.17, 15) is 19.5 Å². The zero-order chi connectivity index (χ0) is 17.7. The van der Waals surface area contributed by atoms with Gasteiger partial charge in [-0.1, -0.05) is 19.1 Å². The minimum absolute atomic E-state index is 0.0375. The summed E-state index contributed by atoms with van der Waals surface area (Å²) in [5.41, 5.74) is 0.602. The van der Waals surface area contributed by atoms with Gasteiger partial charge in [0, 0.05) is 17.7 Å². The van der Waals surface area contributed by atoms with Gasteiger partial charge in [0.2, 0.25) is 5.91 Å². The monoisotopic (exact) mass is 327 g/mol. The molecule has 0 saturated carbocycles. The van der Waals surface area contributed by atoms with Crippen molar-refractivity contribution in [3.05, 3.63) is 53.6 Å². The van der Waals surface area contributed by atoms with Crippen LogP contribution >= 0.6 is 0 Å². The molecule has 2 rings (SSSR count). The summed E-state index contributed by atoms with van der Waals surface area (Å²) in [7, 11) is 0. The number of amides is 2. The molecular weight excluding hydrogens is 312 g/mol. The lowest BCUT2D eigenvalue weighted by Gasteiger charge is -2.12. The largest absolute Gasteiger partial charge is 0.872 e. The molecule has 0 aliphatic carbocycles. The van der Waals surface area contributed by atoms with Crippen molar-refractivity contribution in [2.24, 2.45) is 0 Å². The molecule has 0 unspecified atom stereocenters. The number of carbonyl (C=O) groups is 3. The Hall–Kier alpha value is -3.35. The van der Waals surface area contributed by atoms with Gasteiger partial charge in [-0.2, -0.15) is 0 Å². The van der Waals surface area contributed by atoms with E-state index in [0.29, 0.717) is 12.1 Å². The average Bonchev–Trinajstić information content (AvgIpc) is 2.56. The van der Waals surface area contributed by atoms with Crippen LogP contribution in [0.3, 0.4) is 0 Å². The van der Waals surface area contributed by atoms with Crippen LogP contribution in [0.4, 0.5) is 11.4 Å². The van der Waals surface area contributed by atoms with Crippen molar-refractivity contribution >= 4 is 29.2 Å². The highest BCUT2D eigenvalue weighted by molar-refractivity contribution is 6.08. The third kappa shape index (κ3) is 4.10. The lowest BCUT2D eigenvalue weighted by Crippen LogP contribution is -2.15. The molecule has 0 fully saturated rings. The van der Waals surface area contributed by atoms with Crippen LogP contribution in [-0.4, -0.2) is 22.9 Å². The first-order valence-electron chi connectivity index (χ1n) is 7.16. The van der Waals surface area contributed by atoms with Crippen LogP contribution in [-0.2, 0) is 4.79 Å². The maximum atomic E-state index is 12.2. The van der Waals surface area contributed by atoms with Crippen LogP contribution < -0.4 is 15.7 Å². The van der Waals surface area contributed by atoms with E-state index in [-0.39, 0.29) is 22.7 Å². The number of aromatic carboxylic acids is 1. The molecule has 0 aromatic heterocycles. The molecule has 0 radical (unpaired) electrons. The van der Waals surface area contributed by atoms with Gasteiger partial charge in [-0.05, 0) is 30.3 Å². The second-order valence-electron chi connectivity index (χ2n) is 4.95. The fourth-order valence-electron chi connectivity index (χ4n) is 1.96. The predicted molar refractivity (Wildman–Crippen MR) is 86.2 cm³/mol. The highest BCUT2D eigenvalue weighted by atomic mass is 16.4. The Morgan fingerprint density at radius 3 is 2.29 bits per heavy atom. The number of carboxylic acid groups (broad SMARTS) is 1. The number of carbonyl (C=O) groups excluding carboxylic acids is 2. The molecule has 7 heteroatoms. The molecule has 3 N–H and O–H groups in total. The lowest BCUT2D eigenvalue weighted by atomic mass is 10.1. The first-order valence-corrected chi connectivity index (χ1v) is 7.16. The van der Waals surface area contributed by atoms with Crippen molar-refractivity contribution in [3.63, 3.8) is 0 Å². The maximum Gasteiger partial charge on any atom is 0.337 e. The minimum Gasteiger partial charge on any atom is -0.872 e. The molecule has 2 aromatic rings. The summed E-state index contributed by atoms with van der Waals surface area (Å²) >= 11 is 0. The SMILES string of the molecule is CCC(=O)Nc1ccc(C(=O)Nc2ccc([O-])cc2C(=O)O)cc1. The third-order valence-corrected chi connectivity index (χ3v) is 3.22. The summed E-state index contributed by atoms with van der Waals surface area (Å²) in [6.07, 6.45) is 0.343. The van der Waals surface area contributed by atoms with Gasteiger partial charge in [0.15, 0.2) is 0 Å². The summed E-state index contributed by atoms with van der Waals surface area (Å²) in [4.78, 5) is 34.6. The molecule has 7 nitrogen and oxygen atoms in total. The van der Waals surface area contributed by atoms with Gasteiger partial charge in [0.25, 0.3) is 5.91 Å². The van der Waals surface area contributed by atoms with E-state index >= 15 is 0 Å². The molecule has 0 atom stereocenters. The molecule has 0 spiro atoms. The van der Waals surface area contributed by atoms with Crippen molar-refractivity contribution in [1.29, 1.82) is 0 Å². The Balaban J connectivity index is 2.16. The van der Waals surface area contributed by atoms with Gasteiger partial charge in [-0.15, -0.1) is 5.75 Å². The highest BCUT2D eigenvalue weighted by Gasteiger charge is 2.13. The molecule has 0 saturated heterocycles. The van der Waals surface area contributed by atoms with Crippen molar-refractivity contribution in [2.75, 3.05) is 10.6 Å². The molecule has 24 heavy (non-hydrogen) atoms. The van der Waals surface area contributed by atoms with E-state index in [0.717, 1.165) is 6.07 Å². The Morgan fingerprint density at radius 2 is 1.71 bits per heavy atom. The van der Waals surface area contributed by atoms with Crippen molar-refractivity contribution in [2.45, 2.75) is 13.3 Å². The van der Waals surface area contributed by atoms with Gasteiger partial charge in [-0.25, -0.2) is 4.79 Å². The van der Waals surface area contributed by atoms with E-state index < -0.39 is 17.6 Å². The fourth-order valence-corrected chi connectivity index (χ4v) is 1.96. The second kappa shape index (κ2) is 7.28. The molecule has 0 aliphatic heterocycles. The fraction of sp³-hybridized carbons (Fsp3) is 0.118. The normalized spacial score (nSPS) is 10.0. The highest BCUT2D eigenvalue weighted by Crippen LogP contribution is 2.21. The van der Waals surface area contributed by atoms with E-state index in [1.54, 1.807) is 19.1 Å². The number of benzene rings is 2. The number of anilines is 2. The number of hydrogen-bond donors (Lipinski definition) is 3. The predicted octanol–water partition coefficient (Wildman–Crippen LogP) is 2.06. The second-order valence-corrected chi connectivity index (χ2v) is 4.95. The van der Waals surface area contributed by atoms with Crippen LogP contribution in [0.25, 0.3) is 0 Å². The van der Waals surface area contributed by atoms with E-state index in [2.05, 4.69) is 10.6 Å². The van der Waals surface area contributed by atoms with Crippen LogP contribution in [0, 0.1) is 0 Å². The standard InChI is InChI=1S/C17H16N2O5/c1-2-15(21)18-11-5-3-10(4-6-11)16(22)19-14-8-7-12(20)9-13(14)17(23)24/h3-9,20H,2H2,1H3,(H,18,21)(H,19,22)(H,23,24)/p-1. The van der Waals surface area contributed by atoms with E-state index in [4.69, 9.17) is 5.11 Å². The number of rotatable bonds is 5. The van der Waals surface area contributed by atoms with Gasteiger partial charge in [0.05, 0.1) is 11.3 Å². The summed E-state index contributed by atoms with van der Waals surface area (Å²) in [6, 6.07) is 9.51. The van der Waals surface area contributed by atoms with Gasteiger partial charge in [0.1, 0.15) is 0 Å². The average molecular weight is 327 g/mol. The molecule has 0 heterocycles. The number of carboxylic acids is 1. The molecule has 2 amide bonds. The smallest absolute Gasteiger partial charge is 0.337 e. The Kier molecular flexibility index (Phi) is 5.16. The minimum atomic E-state index is -1.30. The lowest BCUT2D eigenvalue weighted by molar-refractivity contribution is -0.268. The van der Waals surface area contributed by atoms with Crippen molar-refractivity contribution in [1.82, 2.24) is 0 Å². The van der Waals surface area contributed by atoms with Crippen LogP contribution in [0.15, 0.2) is 42.5 Å². The van der Waals surface area contributed by atoms with Crippen molar-refractivity contribution < 1.29 is 24.6 Å². The molecule has 0 aliphatic rings. The van der Waals surface area contributed by atoms with Crippen molar-refractivity contribution in [3.8, 4) is 5.75 Å². The summed E-state index contributed by atoms with van der Waals surface area (Å²) in [6.45, 7) is 1.73. The molecule has 124 valence electrons. The van der Waals surface area contributed by atoms with Gasteiger partial charge < -0.3 is 20.8 Å². The topological polar surface area (TPSA) is 119 Å². The number of hydrogen-bond acceptors (Lipinski definition) is 4. The van der Waals surface area contributed by atoms with Gasteiger partial charge >= 0.3 is 5.97 Å². The first kappa shape index (κ1) is 17.0. The molecule has 2 aromatic carbocycles. The maximum absolute atomic E-state index is 12.2. The number of nitrogens with one attached hydrogen (secondary N) is 2. The molecular formula is C17H15N2O5-. The van der Waals surface area contributed by atoms with Crippen LogP contribution in [0.1, 0.15) is 34.1 Å². The van der Waals surface area contributed by atoms with E-state index in [1.165, 1.54) is 24.3 Å². The quantitative estimate of drug-likeness (QED) is 0.776. The Morgan fingerprint density at radius 1 is 1.04 bits per heavy atom. The van der Waals surface area contributed by atoms with Crippen LogP contribution in [0.2, 0.25) is 0 Å². The Labute approximate surface area is 137 Å². The Bertz CT molecular complexity index is 784. The third-order valence-electron chi connectivity index (χ3n) is 3.22. The first-order chi connectivity index (χ1) is 11.4.